The van der Waals surface area contributed by atoms with Crippen molar-refractivity contribution in [2.24, 2.45) is 0 Å². The molecule has 0 bridgehead atoms. The Labute approximate surface area is 87.5 Å². The van der Waals surface area contributed by atoms with Crippen LogP contribution in [-0.4, -0.2) is 6.54 Å². The highest BCUT2D eigenvalue weighted by molar-refractivity contribution is 5.53. The van der Waals surface area contributed by atoms with E-state index in [0.29, 0.717) is 5.92 Å². The Morgan fingerprint density at radius 2 is 1.93 bits per heavy atom. The van der Waals surface area contributed by atoms with E-state index in [9.17, 15) is 0 Å². The molecule has 78 valence electrons. The summed E-state index contributed by atoms with van der Waals surface area (Å²) >= 11 is 0. The molecule has 1 rings (SSSR count). The van der Waals surface area contributed by atoms with Gasteiger partial charge in [0.1, 0.15) is 0 Å². The highest BCUT2D eigenvalue weighted by atomic mass is 14.9. The fourth-order valence-corrected chi connectivity index (χ4v) is 1.63. The summed E-state index contributed by atoms with van der Waals surface area (Å²) in [7, 11) is 0. The topological polar surface area (TPSA) is 12.0 Å². The first kappa shape index (κ1) is 11.1. The van der Waals surface area contributed by atoms with Gasteiger partial charge in [0, 0.05) is 12.2 Å². The summed E-state index contributed by atoms with van der Waals surface area (Å²) in [6.45, 7) is 9.81. The van der Waals surface area contributed by atoms with Gasteiger partial charge in [0.25, 0.3) is 0 Å². The first-order valence-electron chi connectivity index (χ1n) is 5.55. The van der Waals surface area contributed by atoms with Gasteiger partial charge in [-0.05, 0) is 36.5 Å². The molecule has 1 nitrogen and oxygen atoms in total. The second kappa shape index (κ2) is 5.04. The van der Waals surface area contributed by atoms with Crippen LogP contribution in [0.25, 0.3) is 0 Å². The molecule has 14 heavy (non-hydrogen) atoms. The summed E-state index contributed by atoms with van der Waals surface area (Å²) in [6.07, 6.45) is 1.10. The minimum absolute atomic E-state index is 0.621. The molecule has 0 aliphatic rings. The van der Waals surface area contributed by atoms with Crippen molar-refractivity contribution in [3.8, 4) is 0 Å². The fraction of sp³-hybridized carbons (Fsp3) is 0.538. The van der Waals surface area contributed by atoms with Gasteiger partial charge in [-0.25, -0.2) is 0 Å². The molecule has 1 aromatic rings. The smallest absolute Gasteiger partial charge is 0.0372 e. The van der Waals surface area contributed by atoms with E-state index in [1.165, 1.54) is 16.8 Å². The number of nitrogens with one attached hydrogen (secondary N) is 1. The molecule has 0 atom stereocenters. The summed E-state index contributed by atoms with van der Waals surface area (Å²) in [6, 6.07) is 6.75. The second-order valence-electron chi connectivity index (χ2n) is 3.96. The van der Waals surface area contributed by atoms with Crippen molar-refractivity contribution in [2.45, 2.75) is 40.0 Å². The molecule has 0 aliphatic carbocycles. The van der Waals surface area contributed by atoms with Crippen LogP contribution in [-0.2, 0) is 6.42 Å². The average Bonchev–Trinajstić information content (AvgIpc) is 2.18. The molecule has 0 radical (unpaired) electrons. The maximum absolute atomic E-state index is 3.39. The lowest BCUT2D eigenvalue weighted by Crippen LogP contribution is -2.01. The number of benzene rings is 1. The molecule has 0 amide bonds. The Bertz CT molecular complexity index is 289. The van der Waals surface area contributed by atoms with E-state index in [1.807, 2.05) is 0 Å². The Balaban J connectivity index is 2.98. The Hall–Kier alpha value is -0.980. The lowest BCUT2D eigenvalue weighted by molar-refractivity contribution is 0.862. The van der Waals surface area contributed by atoms with E-state index in [4.69, 9.17) is 0 Å². The highest BCUT2D eigenvalue weighted by Crippen LogP contribution is 2.22. The standard InChI is InChI=1S/C13H21N/c1-5-11-9-12(10(3)4)7-8-13(11)14-6-2/h7-10,14H,5-6H2,1-4H3. The molecule has 0 spiro atoms. The van der Waals surface area contributed by atoms with E-state index in [1.54, 1.807) is 0 Å². The van der Waals surface area contributed by atoms with E-state index >= 15 is 0 Å². The Morgan fingerprint density at radius 1 is 1.21 bits per heavy atom. The van der Waals surface area contributed by atoms with Crippen molar-refractivity contribution >= 4 is 5.69 Å². The van der Waals surface area contributed by atoms with Gasteiger partial charge in [0.15, 0.2) is 0 Å². The van der Waals surface area contributed by atoms with Crippen molar-refractivity contribution in [3.63, 3.8) is 0 Å². The SMILES string of the molecule is CCNc1ccc(C(C)C)cc1CC. The largest absolute Gasteiger partial charge is 0.385 e. The number of anilines is 1. The van der Waals surface area contributed by atoms with Crippen LogP contribution in [0.5, 0.6) is 0 Å². The molecule has 0 saturated heterocycles. The molecule has 0 unspecified atom stereocenters. The second-order valence-corrected chi connectivity index (χ2v) is 3.96. The predicted octanol–water partition coefficient (Wildman–Crippen LogP) is 3.80. The monoisotopic (exact) mass is 191 g/mol. The lowest BCUT2D eigenvalue weighted by Gasteiger charge is -2.13. The van der Waals surface area contributed by atoms with Crippen LogP contribution in [0.1, 0.15) is 44.7 Å². The first-order valence-corrected chi connectivity index (χ1v) is 5.55. The van der Waals surface area contributed by atoms with E-state index < -0.39 is 0 Å². The minimum atomic E-state index is 0.621. The van der Waals surface area contributed by atoms with Crippen molar-refractivity contribution in [1.29, 1.82) is 0 Å². The predicted molar refractivity (Wildman–Crippen MR) is 64.1 cm³/mol. The number of aryl methyl sites for hydroxylation is 1. The van der Waals surface area contributed by atoms with Crippen LogP contribution in [0.2, 0.25) is 0 Å². The van der Waals surface area contributed by atoms with Crippen molar-refractivity contribution < 1.29 is 0 Å². The summed E-state index contributed by atoms with van der Waals surface area (Å²) < 4.78 is 0. The normalized spacial score (nSPS) is 10.6. The Morgan fingerprint density at radius 3 is 2.43 bits per heavy atom. The summed E-state index contributed by atoms with van der Waals surface area (Å²) in [5, 5.41) is 3.39. The van der Waals surface area contributed by atoms with Gasteiger partial charge < -0.3 is 5.32 Å². The quantitative estimate of drug-likeness (QED) is 0.763. The zero-order valence-electron chi connectivity index (χ0n) is 9.72. The minimum Gasteiger partial charge on any atom is -0.385 e. The summed E-state index contributed by atoms with van der Waals surface area (Å²) in [5.41, 5.74) is 4.15. The zero-order chi connectivity index (χ0) is 10.6. The van der Waals surface area contributed by atoms with Crippen LogP contribution < -0.4 is 5.32 Å². The van der Waals surface area contributed by atoms with Gasteiger partial charge in [-0.1, -0.05) is 32.9 Å². The molecule has 1 heteroatoms. The van der Waals surface area contributed by atoms with Gasteiger partial charge in [-0.15, -0.1) is 0 Å². The van der Waals surface area contributed by atoms with Crippen molar-refractivity contribution in [1.82, 2.24) is 0 Å². The zero-order valence-corrected chi connectivity index (χ0v) is 9.72. The van der Waals surface area contributed by atoms with E-state index in [0.717, 1.165) is 13.0 Å². The number of hydrogen-bond donors (Lipinski definition) is 1. The maximum Gasteiger partial charge on any atom is 0.0372 e. The van der Waals surface area contributed by atoms with Gasteiger partial charge in [-0.2, -0.15) is 0 Å². The van der Waals surface area contributed by atoms with Crippen LogP contribution in [0.4, 0.5) is 5.69 Å². The van der Waals surface area contributed by atoms with Gasteiger partial charge in [0.2, 0.25) is 0 Å². The van der Waals surface area contributed by atoms with Crippen molar-refractivity contribution in [2.75, 3.05) is 11.9 Å². The third-order valence-corrected chi connectivity index (χ3v) is 2.54. The first-order chi connectivity index (χ1) is 6.69. The van der Waals surface area contributed by atoms with Crippen LogP contribution in [0.3, 0.4) is 0 Å². The van der Waals surface area contributed by atoms with Crippen molar-refractivity contribution in [3.05, 3.63) is 29.3 Å². The number of hydrogen-bond acceptors (Lipinski definition) is 1. The molecule has 1 N–H and O–H groups in total. The molecule has 0 aliphatic heterocycles. The fourth-order valence-electron chi connectivity index (χ4n) is 1.63. The van der Waals surface area contributed by atoms with E-state index in [2.05, 4.69) is 51.2 Å². The lowest BCUT2D eigenvalue weighted by atomic mass is 9.98. The third kappa shape index (κ3) is 2.50. The van der Waals surface area contributed by atoms with Gasteiger partial charge >= 0.3 is 0 Å². The van der Waals surface area contributed by atoms with E-state index in [-0.39, 0.29) is 0 Å². The molecular formula is C13H21N. The molecule has 0 heterocycles. The molecule has 0 saturated carbocycles. The number of rotatable bonds is 4. The van der Waals surface area contributed by atoms with Crippen LogP contribution in [0.15, 0.2) is 18.2 Å². The highest BCUT2D eigenvalue weighted by Gasteiger charge is 2.03. The third-order valence-electron chi connectivity index (χ3n) is 2.54. The average molecular weight is 191 g/mol. The molecule has 0 aromatic heterocycles. The summed E-state index contributed by atoms with van der Waals surface area (Å²) in [4.78, 5) is 0. The van der Waals surface area contributed by atoms with Crippen LogP contribution in [0, 0.1) is 0 Å². The summed E-state index contributed by atoms with van der Waals surface area (Å²) in [5.74, 6) is 0.621. The van der Waals surface area contributed by atoms with Gasteiger partial charge in [0.05, 0.1) is 0 Å². The molecule has 1 aromatic carbocycles. The Kier molecular flexibility index (Phi) is 3.99. The molecule has 0 fully saturated rings. The van der Waals surface area contributed by atoms with Crippen LogP contribution >= 0.6 is 0 Å². The maximum atomic E-state index is 3.39. The van der Waals surface area contributed by atoms with Gasteiger partial charge in [-0.3, -0.25) is 0 Å². The molecular weight excluding hydrogens is 170 g/mol.